The smallest absolute Gasteiger partial charge is 0.370 e. The van der Waals surface area contributed by atoms with Gasteiger partial charge < -0.3 is 32.2 Å². The Labute approximate surface area is 206 Å². The van der Waals surface area contributed by atoms with Gasteiger partial charge in [0.05, 0.1) is 6.04 Å². The first-order valence-corrected chi connectivity index (χ1v) is 12.4. The Kier molecular flexibility index (Phi) is 17.3. The number of carbonyl (C=O) groups is 4. The maximum absolute atomic E-state index is 12.8. The molecule has 3 atom stereocenters. The molecule has 0 aromatic rings. The van der Waals surface area contributed by atoms with Crippen LogP contribution in [0.1, 0.15) is 60.3 Å². The summed E-state index contributed by atoms with van der Waals surface area (Å²) < 4.78 is 31.6. The fraction of sp³-hybridized carbons (Fsp3) is 0.750. The molecule has 14 nitrogen and oxygen atoms in total. The lowest BCUT2D eigenvalue weighted by Gasteiger charge is -2.25. The first-order valence-electron chi connectivity index (χ1n) is 11.0. The zero-order chi connectivity index (χ0) is 27.8. The van der Waals surface area contributed by atoms with Crippen molar-refractivity contribution in [2.24, 2.45) is 28.3 Å². The van der Waals surface area contributed by atoms with E-state index in [-0.39, 0.29) is 23.7 Å². The molecule has 0 radical (unpaired) electrons. The van der Waals surface area contributed by atoms with E-state index in [4.69, 9.17) is 29.0 Å². The summed E-state index contributed by atoms with van der Waals surface area (Å²) in [6.07, 6.45) is 2.38. The Bertz CT molecular complexity index is 804. The quantitative estimate of drug-likeness (QED) is 0.0488. The van der Waals surface area contributed by atoms with E-state index in [9.17, 15) is 19.2 Å². The topological polar surface area (TPSA) is 243 Å². The zero-order valence-corrected chi connectivity index (χ0v) is 21.7. The summed E-state index contributed by atoms with van der Waals surface area (Å²) in [6.45, 7) is 9.43. The summed E-state index contributed by atoms with van der Waals surface area (Å²) >= 11 is 0. The normalized spacial score (nSPS) is 13.5. The summed E-state index contributed by atoms with van der Waals surface area (Å²) in [5.74, 6) is -0.909. The first-order chi connectivity index (χ1) is 16.0. The van der Waals surface area contributed by atoms with Gasteiger partial charge in [0, 0.05) is 13.5 Å². The van der Waals surface area contributed by atoms with E-state index in [1.807, 2.05) is 27.7 Å². The molecule has 0 heterocycles. The molecule has 0 aliphatic carbocycles. The Morgan fingerprint density at radius 1 is 0.914 bits per heavy atom. The van der Waals surface area contributed by atoms with Crippen molar-refractivity contribution in [2.75, 3.05) is 6.54 Å². The molecular weight excluding hydrogens is 484 g/mol. The minimum Gasteiger partial charge on any atom is -0.370 e. The molecule has 0 rings (SSSR count). The van der Waals surface area contributed by atoms with Crippen molar-refractivity contribution in [3.8, 4) is 0 Å². The highest BCUT2D eigenvalue weighted by Gasteiger charge is 2.28. The van der Waals surface area contributed by atoms with Gasteiger partial charge in [-0.05, 0) is 37.5 Å². The Morgan fingerprint density at radius 2 is 1.34 bits per heavy atom. The van der Waals surface area contributed by atoms with Crippen LogP contribution in [0.5, 0.6) is 0 Å². The van der Waals surface area contributed by atoms with Crippen LogP contribution in [-0.4, -0.2) is 72.2 Å². The number of nitrogens with one attached hydrogen (secondary N) is 3. The lowest BCUT2D eigenvalue weighted by Crippen LogP contribution is -2.55. The van der Waals surface area contributed by atoms with Crippen molar-refractivity contribution in [3.63, 3.8) is 0 Å². The number of nitrogens with zero attached hydrogens (tertiary/aromatic N) is 1. The number of guanidine groups is 1. The van der Waals surface area contributed by atoms with Gasteiger partial charge in [-0.25, -0.2) is 0 Å². The van der Waals surface area contributed by atoms with Gasteiger partial charge in [-0.2, -0.15) is 8.42 Å². The van der Waals surface area contributed by atoms with Crippen LogP contribution in [0.25, 0.3) is 0 Å². The van der Waals surface area contributed by atoms with Crippen molar-refractivity contribution in [2.45, 2.75) is 78.4 Å². The van der Waals surface area contributed by atoms with Crippen LogP contribution in [0.3, 0.4) is 0 Å². The molecule has 0 aromatic carbocycles. The van der Waals surface area contributed by atoms with Gasteiger partial charge in [-0.1, -0.05) is 27.7 Å². The van der Waals surface area contributed by atoms with Crippen LogP contribution in [0, 0.1) is 11.8 Å². The predicted octanol–water partition coefficient (Wildman–Crippen LogP) is -0.847. The third-order valence-electron chi connectivity index (χ3n) is 4.20. The van der Waals surface area contributed by atoms with Gasteiger partial charge in [0.15, 0.2) is 5.96 Å². The predicted molar refractivity (Wildman–Crippen MR) is 131 cm³/mol. The van der Waals surface area contributed by atoms with Gasteiger partial charge in [-0.15, -0.1) is 0 Å². The van der Waals surface area contributed by atoms with Crippen LogP contribution in [-0.2, 0) is 29.6 Å². The van der Waals surface area contributed by atoms with Crippen LogP contribution in [0.4, 0.5) is 0 Å². The lowest BCUT2D eigenvalue weighted by molar-refractivity contribution is -0.133. The molecule has 0 aromatic heterocycles. The highest BCUT2D eigenvalue weighted by atomic mass is 32.3. The molecule has 0 spiro atoms. The van der Waals surface area contributed by atoms with E-state index in [0.717, 1.165) is 0 Å². The SMILES string of the molecule is CC(=O)N[C@@H](CC(C)C)C(=O)N[C@@H](CC(C)C)C(=O)N[C@H](C=O)CCCN=C(N)N.O=S(=O)(O)O. The van der Waals surface area contributed by atoms with Crippen molar-refractivity contribution < 1.29 is 36.7 Å². The summed E-state index contributed by atoms with van der Waals surface area (Å²) in [6, 6.07) is -2.26. The van der Waals surface area contributed by atoms with Crippen LogP contribution in [0.2, 0.25) is 0 Å². The Morgan fingerprint density at radius 3 is 1.71 bits per heavy atom. The van der Waals surface area contributed by atoms with Crippen LogP contribution < -0.4 is 27.4 Å². The standard InChI is InChI=1S/C20H38N6O4.H2O4S/c1-12(2)9-16(24-14(5)28)19(30)26-17(10-13(3)4)18(29)25-15(11-27)7-6-8-23-20(21)22;1-5(2,3)4/h11-13,15-17H,6-10H2,1-5H3,(H,24,28)(H,25,29)(H,26,30)(H4,21,22,23);(H2,1,2,3,4)/t15-,16-,17-;/m0./s1. The van der Waals surface area contributed by atoms with Gasteiger partial charge in [0.2, 0.25) is 17.7 Å². The number of amides is 3. The van der Waals surface area contributed by atoms with Gasteiger partial charge in [0.1, 0.15) is 18.4 Å². The number of hydrogen-bond donors (Lipinski definition) is 7. The molecule has 0 bridgehead atoms. The largest absolute Gasteiger partial charge is 0.394 e. The monoisotopic (exact) mass is 524 g/mol. The fourth-order valence-electron chi connectivity index (χ4n) is 2.90. The van der Waals surface area contributed by atoms with E-state index >= 15 is 0 Å². The maximum atomic E-state index is 12.8. The molecule has 0 saturated heterocycles. The van der Waals surface area contributed by atoms with Crippen molar-refractivity contribution in [3.05, 3.63) is 0 Å². The molecular formula is C20H40N6O8S. The van der Waals surface area contributed by atoms with Crippen LogP contribution >= 0.6 is 0 Å². The second kappa shape index (κ2) is 17.6. The van der Waals surface area contributed by atoms with Gasteiger partial charge >= 0.3 is 10.4 Å². The molecule has 0 aliphatic rings. The average molecular weight is 525 g/mol. The molecule has 15 heteroatoms. The van der Waals surface area contributed by atoms with Crippen molar-refractivity contribution in [1.82, 2.24) is 16.0 Å². The number of aliphatic imine (C=N–C) groups is 1. The average Bonchev–Trinajstić information content (AvgIpc) is 2.66. The lowest BCUT2D eigenvalue weighted by atomic mass is 9.99. The summed E-state index contributed by atoms with van der Waals surface area (Å²) in [4.78, 5) is 52.1. The number of nitrogens with two attached hydrogens (primary N) is 2. The first kappa shape index (κ1) is 34.4. The Balaban J connectivity index is 0. The third-order valence-corrected chi connectivity index (χ3v) is 4.20. The molecule has 0 unspecified atom stereocenters. The molecule has 3 amide bonds. The maximum Gasteiger partial charge on any atom is 0.394 e. The second-order valence-electron chi connectivity index (χ2n) is 8.72. The fourth-order valence-corrected chi connectivity index (χ4v) is 2.90. The van der Waals surface area contributed by atoms with Crippen LogP contribution in [0.15, 0.2) is 4.99 Å². The molecule has 9 N–H and O–H groups in total. The zero-order valence-electron chi connectivity index (χ0n) is 20.9. The molecule has 0 saturated carbocycles. The van der Waals surface area contributed by atoms with E-state index in [1.165, 1.54) is 6.92 Å². The molecule has 0 fully saturated rings. The van der Waals surface area contributed by atoms with Gasteiger partial charge in [0.25, 0.3) is 0 Å². The summed E-state index contributed by atoms with van der Waals surface area (Å²) in [5.41, 5.74) is 10.5. The van der Waals surface area contributed by atoms with E-state index < -0.39 is 40.3 Å². The van der Waals surface area contributed by atoms with E-state index in [0.29, 0.717) is 38.5 Å². The molecule has 204 valence electrons. The summed E-state index contributed by atoms with van der Waals surface area (Å²) in [5, 5.41) is 8.03. The molecule has 35 heavy (non-hydrogen) atoms. The highest BCUT2D eigenvalue weighted by molar-refractivity contribution is 7.79. The van der Waals surface area contributed by atoms with E-state index in [1.54, 1.807) is 0 Å². The number of rotatable bonds is 14. The van der Waals surface area contributed by atoms with Gasteiger partial charge in [-0.3, -0.25) is 28.5 Å². The van der Waals surface area contributed by atoms with Crippen molar-refractivity contribution in [1.29, 1.82) is 0 Å². The number of carbonyl (C=O) groups excluding carboxylic acids is 4. The third kappa shape index (κ3) is 22.8. The number of aldehydes is 1. The highest BCUT2D eigenvalue weighted by Crippen LogP contribution is 2.09. The minimum absolute atomic E-state index is 0.0310. The van der Waals surface area contributed by atoms with Crippen molar-refractivity contribution >= 4 is 40.4 Å². The summed E-state index contributed by atoms with van der Waals surface area (Å²) in [7, 11) is -4.67. The minimum atomic E-state index is -4.67. The molecule has 0 aliphatic heterocycles. The Hall–Kier alpha value is -2.78. The number of hydrogen-bond acceptors (Lipinski definition) is 7. The van der Waals surface area contributed by atoms with E-state index in [2.05, 4.69) is 20.9 Å². The second-order valence-corrected chi connectivity index (χ2v) is 9.62.